The number of aliphatic imine (C=N–C) groups is 1. The molecule has 0 amide bonds. The summed E-state index contributed by atoms with van der Waals surface area (Å²) in [6.07, 6.45) is -8.22. The van der Waals surface area contributed by atoms with Crippen LogP contribution in [0.1, 0.15) is 38.7 Å². The van der Waals surface area contributed by atoms with Crippen LogP contribution < -0.4 is 5.73 Å². The van der Waals surface area contributed by atoms with E-state index in [9.17, 15) is 33.5 Å². The molecule has 0 spiro atoms. The number of nitrogens with zero attached hydrogens (tertiary/aromatic N) is 4. The van der Waals surface area contributed by atoms with E-state index in [0.29, 0.717) is 0 Å². The summed E-state index contributed by atoms with van der Waals surface area (Å²) in [5.74, 6) is -10.1. The first-order chi connectivity index (χ1) is 24.6. The summed E-state index contributed by atoms with van der Waals surface area (Å²) in [6.45, 7) is -2.53. The molecule has 0 radical (unpaired) electrons. The Morgan fingerprint density at radius 3 is 2.53 bits per heavy atom. The maximum absolute atomic E-state index is 16.4. The predicted octanol–water partition coefficient (Wildman–Crippen LogP) is 2.40. The number of phosphoric ester groups is 1. The Morgan fingerprint density at radius 1 is 1.21 bits per heavy atom. The van der Waals surface area contributed by atoms with Crippen molar-refractivity contribution >= 4 is 79.4 Å². The molecule has 2 aromatic rings. The Kier molecular flexibility index (Phi) is 12.0. The summed E-state index contributed by atoms with van der Waals surface area (Å²) in [4.78, 5) is 58.1. The van der Waals surface area contributed by atoms with Gasteiger partial charge >= 0.3 is 32.5 Å². The van der Waals surface area contributed by atoms with Crippen molar-refractivity contribution in [2.45, 2.75) is 76.0 Å². The molecule has 294 valence electrons. The highest BCUT2D eigenvalue weighted by molar-refractivity contribution is 8.45. The number of phosphoric acid groups is 1. The molecular formula is C27H35F2N5O15P2S2. The first-order valence-electron chi connectivity index (χ1n) is 15.5. The maximum atomic E-state index is 16.4. The van der Waals surface area contributed by atoms with E-state index in [1.54, 1.807) is 0 Å². The molecule has 26 heteroatoms. The number of anilines is 1. The van der Waals surface area contributed by atoms with E-state index >= 15 is 8.78 Å². The van der Waals surface area contributed by atoms with Gasteiger partial charge < -0.3 is 44.4 Å². The number of aliphatic hydroxyl groups excluding tert-OH is 1. The summed E-state index contributed by atoms with van der Waals surface area (Å²) in [5.41, 5.74) is 4.16. The van der Waals surface area contributed by atoms with E-state index < -0.39 is 112 Å². The van der Waals surface area contributed by atoms with Crippen molar-refractivity contribution in [2.75, 3.05) is 26.0 Å². The fraction of sp³-hybridized carbons (Fsp3) is 0.667. The number of alkyl halides is 2. The number of aromatic nitrogens is 3. The number of halogens is 2. The molecule has 4 heterocycles. The number of thiol groups is 1. The molecule has 53 heavy (non-hydrogen) atoms. The van der Waals surface area contributed by atoms with Crippen LogP contribution in [0.2, 0.25) is 0 Å². The van der Waals surface area contributed by atoms with Crippen molar-refractivity contribution < 1.29 is 79.3 Å². The maximum Gasteiger partial charge on any atom is 0.482 e. The van der Waals surface area contributed by atoms with Crippen LogP contribution in [0, 0.1) is 17.8 Å². The SMILES string of the molecule is C/N=C/C1[C@@H](COP(=O)(S)OP(=O)(O)OC2OC3(OC(C)=O)C2C(OC(C)=O)C(O)C3[C@@H](F)COC(C)=O)O[C@@H](c2snc3c(N)ncnc23)[C@]1(C)F. The van der Waals surface area contributed by atoms with Gasteiger partial charge in [0.2, 0.25) is 5.79 Å². The van der Waals surface area contributed by atoms with Crippen LogP contribution in [-0.4, -0.2) is 111 Å². The van der Waals surface area contributed by atoms with Gasteiger partial charge in [-0.15, -0.1) is 0 Å². The van der Waals surface area contributed by atoms with Crippen LogP contribution in [0.25, 0.3) is 11.0 Å². The quantitative estimate of drug-likeness (QED) is 0.0699. The van der Waals surface area contributed by atoms with Gasteiger partial charge in [-0.3, -0.25) is 23.4 Å². The van der Waals surface area contributed by atoms with Crippen LogP contribution in [0.3, 0.4) is 0 Å². The summed E-state index contributed by atoms with van der Waals surface area (Å²) >= 11 is 4.63. The fourth-order valence-corrected chi connectivity index (χ4v) is 10.8. The smallest absolute Gasteiger partial charge is 0.463 e. The third kappa shape index (κ3) is 8.27. The number of hydrogen-bond donors (Lipinski definition) is 4. The monoisotopic (exact) mass is 833 g/mol. The molecule has 0 bridgehead atoms. The van der Waals surface area contributed by atoms with Crippen molar-refractivity contribution in [3.8, 4) is 0 Å². The van der Waals surface area contributed by atoms with Crippen molar-refractivity contribution in [3.05, 3.63) is 11.2 Å². The van der Waals surface area contributed by atoms with Gasteiger partial charge in [-0.05, 0) is 18.5 Å². The largest absolute Gasteiger partial charge is 0.482 e. The van der Waals surface area contributed by atoms with Gasteiger partial charge in [-0.25, -0.2) is 27.9 Å². The molecule has 20 nitrogen and oxygen atoms in total. The third-order valence-corrected chi connectivity index (χ3v) is 13.1. The minimum absolute atomic E-state index is 0.0625. The Morgan fingerprint density at radius 2 is 1.91 bits per heavy atom. The van der Waals surface area contributed by atoms with E-state index in [-0.39, 0.29) is 21.7 Å². The van der Waals surface area contributed by atoms with Gasteiger partial charge in [0.05, 0.1) is 29.4 Å². The minimum Gasteiger partial charge on any atom is -0.463 e. The van der Waals surface area contributed by atoms with Gasteiger partial charge in [0.15, 0.2) is 12.1 Å². The van der Waals surface area contributed by atoms with Gasteiger partial charge in [0.1, 0.15) is 60.0 Å². The van der Waals surface area contributed by atoms with Crippen LogP contribution >= 0.6 is 38.4 Å². The van der Waals surface area contributed by atoms with Crippen molar-refractivity contribution in [3.63, 3.8) is 0 Å². The number of nitrogen functional groups attached to an aromatic ring is 1. The molecule has 2 saturated heterocycles. The number of ether oxygens (including phenoxy) is 5. The third-order valence-electron chi connectivity index (χ3n) is 8.61. The molecule has 1 aliphatic carbocycles. The first kappa shape index (κ1) is 41.4. The lowest BCUT2D eigenvalue weighted by Crippen LogP contribution is -2.66. The molecule has 4 N–H and O–H groups in total. The number of rotatable bonds is 14. The molecule has 0 aromatic carbocycles. The number of carbonyl (C=O) groups excluding carboxylic acids is 3. The van der Waals surface area contributed by atoms with E-state index in [2.05, 4.69) is 36.3 Å². The summed E-state index contributed by atoms with van der Waals surface area (Å²) in [7, 11) is -4.20. The van der Waals surface area contributed by atoms with E-state index in [1.165, 1.54) is 26.5 Å². The molecule has 1 saturated carbocycles. The average Bonchev–Trinajstić information content (AvgIpc) is 3.60. The highest BCUT2D eigenvalue weighted by atomic mass is 32.7. The lowest BCUT2D eigenvalue weighted by atomic mass is 9.86. The zero-order valence-electron chi connectivity index (χ0n) is 28.3. The Labute approximate surface area is 308 Å². The number of aliphatic hydroxyl groups is 1. The second kappa shape index (κ2) is 15.4. The highest BCUT2D eigenvalue weighted by Crippen LogP contribution is 2.69. The zero-order chi connectivity index (χ0) is 39.3. The predicted molar refractivity (Wildman–Crippen MR) is 179 cm³/mol. The second-order valence-corrected chi connectivity index (χ2v) is 17.6. The number of nitrogens with two attached hydrogens (primary N) is 1. The zero-order valence-corrected chi connectivity index (χ0v) is 31.8. The number of carbonyl (C=O) groups is 3. The van der Waals surface area contributed by atoms with Crippen molar-refractivity contribution in [1.29, 1.82) is 0 Å². The number of esters is 3. The van der Waals surface area contributed by atoms with Gasteiger partial charge in [0.25, 0.3) is 0 Å². The number of fused-ring (bicyclic) bond motifs is 2. The summed E-state index contributed by atoms with van der Waals surface area (Å²) in [5, 5.41) is 11.0. The normalized spacial score (nSPS) is 35.2. The lowest BCUT2D eigenvalue weighted by molar-refractivity contribution is -0.425. The van der Waals surface area contributed by atoms with Crippen LogP contribution in [0.4, 0.5) is 14.6 Å². The topological polar surface area (TPSA) is 277 Å². The standard InChI is InChI=1S/C27H35F2N5O15P2S2/c1-10(35)42-7-14(28)16-20(38)21(44-11(2)36)17-25(47-27(16,17)46-12(3)37)48-50(39,40)49-51(41,52)43-8-15-13(6-31-5)26(4,29)23(45-15)22-18-19(34-53-22)24(30)33-9-32-18/h6,9,13-17,20-21,23,25,38H,7-8H2,1-5H3,(H,39,40)(H,41,52)(H2,30,32,33)/b31-6+/t13?,14-,15+,16?,17?,20?,21?,23-,25?,26+,27?,51?/m0/s1. The summed E-state index contributed by atoms with van der Waals surface area (Å²) < 4.78 is 104. The molecule has 3 fully saturated rings. The van der Waals surface area contributed by atoms with Crippen molar-refractivity contribution in [1.82, 2.24) is 14.3 Å². The van der Waals surface area contributed by atoms with E-state index in [0.717, 1.165) is 32.3 Å². The molecule has 2 aliphatic heterocycles. The molecule has 13 atom stereocenters. The minimum atomic E-state index is -5.59. The Balaban J connectivity index is 1.31. The average molecular weight is 834 g/mol. The first-order valence-corrected chi connectivity index (χ1v) is 20.4. The molecule has 9 unspecified atom stereocenters. The second-order valence-electron chi connectivity index (χ2n) is 12.3. The summed E-state index contributed by atoms with van der Waals surface area (Å²) in [6, 6.07) is 0. The molecule has 5 rings (SSSR count). The molecule has 2 aromatic heterocycles. The van der Waals surface area contributed by atoms with Crippen LogP contribution in [-0.2, 0) is 60.6 Å². The van der Waals surface area contributed by atoms with Gasteiger partial charge in [0, 0.05) is 34.0 Å². The highest BCUT2D eigenvalue weighted by Gasteiger charge is 2.78. The van der Waals surface area contributed by atoms with Gasteiger partial charge in [-0.2, -0.15) is 8.68 Å². The van der Waals surface area contributed by atoms with Gasteiger partial charge in [-0.1, -0.05) is 12.2 Å². The number of hydrogen-bond acceptors (Lipinski definition) is 20. The Hall–Kier alpha value is -2.76. The Bertz CT molecular complexity index is 1880. The van der Waals surface area contributed by atoms with Crippen LogP contribution in [0.15, 0.2) is 11.3 Å². The van der Waals surface area contributed by atoms with Crippen molar-refractivity contribution in [2.24, 2.45) is 22.7 Å². The van der Waals surface area contributed by atoms with E-state index in [1.807, 2.05) is 0 Å². The molecular weight excluding hydrogens is 798 g/mol. The fourth-order valence-electron chi connectivity index (χ4n) is 6.60. The lowest BCUT2D eigenvalue weighted by Gasteiger charge is -2.51. The molecule has 3 aliphatic rings. The van der Waals surface area contributed by atoms with E-state index in [4.69, 9.17) is 38.0 Å². The van der Waals surface area contributed by atoms with Crippen LogP contribution in [0.5, 0.6) is 0 Å².